The largest absolute Gasteiger partial charge is 0.284 e. The number of nitriles is 1. The lowest BCUT2D eigenvalue weighted by molar-refractivity contribution is 0.771. The molecule has 2 heterocycles. The molecule has 3 aromatic rings. The Hall–Kier alpha value is -3.01. The Bertz CT molecular complexity index is 827. The molecule has 0 aliphatic heterocycles. The van der Waals surface area contributed by atoms with Crippen LogP contribution in [0, 0.1) is 11.3 Å². The minimum absolute atomic E-state index is 0.0556. The third-order valence-corrected chi connectivity index (χ3v) is 2.67. The van der Waals surface area contributed by atoms with Gasteiger partial charge in [-0.25, -0.2) is 4.98 Å². The van der Waals surface area contributed by atoms with Gasteiger partial charge in [-0.1, -0.05) is 23.4 Å². The lowest BCUT2D eigenvalue weighted by Gasteiger charge is -2.01. The van der Waals surface area contributed by atoms with E-state index in [1.807, 2.05) is 36.4 Å². The number of rotatable bonds is 2. The van der Waals surface area contributed by atoms with Crippen molar-refractivity contribution in [3.8, 4) is 11.8 Å². The van der Waals surface area contributed by atoms with E-state index in [0.717, 1.165) is 5.69 Å². The van der Waals surface area contributed by atoms with Crippen LogP contribution in [0.3, 0.4) is 0 Å². The zero-order valence-electron chi connectivity index (χ0n) is 9.76. The van der Waals surface area contributed by atoms with E-state index in [2.05, 4.69) is 15.3 Å². The fourth-order valence-corrected chi connectivity index (χ4v) is 1.78. The van der Waals surface area contributed by atoms with Crippen LogP contribution in [0.4, 0.5) is 0 Å². The normalized spacial score (nSPS) is 10.5. The van der Waals surface area contributed by atoms with Crippen molar-refractivity contribution in [2.75, 3.05) is 0 Å². The maximum Gasteiger partial charge on any atom is 0.284 e. The molecule has 0 spiro atoms. The molecule has 0 amide bonds. The van der Waals surface area contributed by atoms with Crippen molar-refractivity contribution in [1.82, 2.24) is 24.5 Å². The topological polar surface area (TPSA) is 89.4 Å². The molecule has 0 aliphatic carbocycles. The molecule has 0 atom stereocenters. The summed E-state index contributed by atoms with van der Waals surface area (Å²) in [6.07, 6.45) is 1.33. The molecule has 0 unspecified atom stereocenters. The van der Waals surface area contributed by atoms with E-state index in [0.29, 0.717) is 5.65 Å². The monoisotopic (exact) mass is 252 g/mol. The van der Waals surface area contributed by atoms with Crippen LogP contribution in [-0.4, -0.2) is 24.5 Å². The first-order chi connectivity index (χ1) is 9.31. The van der Waals surface area contributed by atoms with Crippen molar-refractivity contribution in [2.24, 2.45) is 0 Å². The summed E-state index contributed by atoms with van der Waals surface area (Å²) in [6.45, 7) is -0.0556. The fraction of sp³-hybridized carbons (Fsp3) is 0.0833. The van der Waals surface area contributed by atoms with Crippen LogP contribution >= 0.6 is 0 Å². The van der Waals surface area contributed by atoms with Crippen molar-refractivity contribution in [3.63, 3.8) is 0 Å². The number of nitrogens with zero attached hydrogens (tertiary/aromatic N) is 6. The van der Waals surface area contributed by atoms with Crippen molar-refractivity contribution in [1.29, 1.82) is 5.26 Å². The van der Waals surface area contributed by atoms with Crippen LogP contribution < -0.4 is 5.56 Å². The van der Waals surface area contributed by atoms with Gasteiger partial charge in [-0.3, -0.25) is 9.36 Å². The molecule has 1 aromatic carbocycles. The van der Waals surface area contributed by atoms with E-state index in [4.69, 9.17) is 5.26 Å². The summed E-state index contributed by atoms with van der Waals surface area (Å²) in [5.74, 6) is 0. The minimum atomic E-state index is -0.367. The van der Waals surface area contributed by atoms with E-state index in [-0.39, 0.29) is 17.6 Å². The van der Waals surface area contributed by atoms with Gasteiger partial charge < -0.3 is 0 Å². The van der Waals surface area contributed by atoms with Crippen LogP contribution in [0.1, 0.15) is 0 Å². The molecule has 2 aromatic heterocycles. The lowest BCUT2D eigenvalue weighted by Crippen LogP contribution is -2.20. The van der Waals surface area contributed by atoms with Gasteiger partial charge in [-0.05, 0) is 12.1 Å². The van der Waals surface area contributed by atoms with Gasteiger partial charge in [-0.2, -0.15) is 9.94 Å². The second kappa shape index (κ2) is 4.34. The second-order valence-electron chi connectivity index (χ2n) is 3.84. The molecule has 0 saturated heterocycles. The molecule has 0 saturated carbocycles. The first kappa shape index (κ1) is 11.1. The van der Waals surface area contributed by atoms with Crippen LogP contribution in [0.5, 0.6) is 0 Å². The third kappa shape index (κ3) is 1.75. The third-order valence-electron chi connectivity index (χ3n) is 2.67. The van der Waals surface area contributed by atoms with E-state index < -0.39 is 0 Å². The first-order valence-electron chi connectivity index (χ1n) is 5.54. The Morgan fingerprint density at radius 2 is 2.05 bits per heavy atom. The average Bonchev–Trinajstić information content (AvgIpc) is 2.88. The zero-order valence-corrected chi connectivity index (χ0v) is 9.76. The summed E-state index contributed by atoms with van der Waals surface area (Å²) in [4.78, 5) is 16.2. The number of hydrogen-bond acceptors (Lipinski definition) is 5. The van der Waals surface area contributed by atoms with Gasteiger partial charge in [0.15, 0.2) is 11.2 Å². The Morgan fingerprint density at radius 1 is 1.26 bits per heavy atom. The van der Waals surface area contributed by atoms with Crippen molar-refractivity contribution in [3.05, 3.63) is 47.0 Å². The van der Waals surface area contributed by atoms with Gasteiger partial charge in [0, 0.05) is 0 Å². The Balaban J connectivity index is 2.24. The molecule has 7 nitrogen and oxygen atoms in total. The molecular weight excluding hydrogens is 244 g/mol. The van der Waals surface area contributed by atoms with Gasteiger partial charge in [0.1, 0.15) is 12.9 Å². The predicted molar refractivity (Wildman–Crippen MR) is 66.5 cm³/mol. The maximum atomic E-state index is 12.0. The quantitative estimate of drug-likeness (QED) is 0.662. The summed E-state index contributed by atoms with van der Waals surface area (Å²) >= 11 is 0. The lowest BCUT2D eigenvalue weighted by atomic mass is 10.3. The molecule has 92 valence electrons. The number of para-hydroxylation sites is 1. The molecule has 0 aliphatic rings. The molecule has 0 bridgehead atoms. The Labute approximate surface area is 107 Å². The summed E-state index contributed by atoms with van der Waals surface area (Å²) in [6, 6.07) is 11.2. The molecule has 3 rings (SSSR count). The second-order valence-corrected chi connectivity index (χ2v) is 3.84. The van der Waals surface area contributed by atoms with Crippen LogP contribution in [-0.2, 0) is 6.54 Å². The molecule has 0 N–H and O–H groups in total. The van der Waals surface area contributed by atoms with Gasteiger partial charge in [0.2, 0.25) is 0 Å². The van der Waals surface area contributed by atoms with Gasteiger partial charge in [-0.15, -0.1) is 5.10 Å². The van der Waals surface area contributed by atoms with E-state index in [9.17, 15) is 4.79 Å². The number of fused-ring (bicyclic) bond motifs is 1. The summed E-state index contributed by atoms with van der Waals surface area (Å²) in [5.41, 5.74) is 0.940. The zero-order chi connectivity index (χ0) is 13.2. The van der Waals surface area contributed by atoms with Gasteiger partial charge in [0.25, 0.3) is 5.56 Å². The van der Waals surface area contributed by atoms with Crippen LogP contribution in [0.2, 0.25) is 0 Å². The standard InChI is InChI=1S/C12H8N6O/c13-6-7-17-8-14-11-10(12(17)19)15-16-18(11)9-4-2-1-3-5-9/h1-5,8H,7H2. The molecular formula is C12H8N6O. The van der Waals surface area contributed by atoms with Crippen LogP contribution in [0.15, 0.2) is 41.5 Å². The fourth-order valence-electron chi connectivity index (χ4n) is 1.78. The molecule has 0 fully saturated rings. The van der Waals surface area contributed by atoms with Crippen LogP contribution in [0.25, 0.3) is 16.9 Å². The molecule has 0 radical (unpaired) electrons. The highest BCUT2D eigenvalue weighted by Gasteiger charge is 2.12. The Morgan fingerprint density at radius 3 is 2.79 bits per heavy atom. The number of hydrogen-bond donors (Lipinski definition) is 0. The smallest absolute Gasteiger partial charge is 0.283 e. The molecule has 7 heteroatoms. The minimum Gasteiger partial charge on any atom is -0.283 e. The number of benzene rings is 1. The molecule has 19 heavy (non-hydrogen) atoms. The van der Waals surface area contributed by atoms with E-state index >= 15 is 0 Å². The van der Waals surface area contributed by atoms with Gasteiger partial charge in [0.05, 0.1) is 11.8 Å². The summed E-state index contributed by atoms with van der Waals surface area (Å²) in [5, 5.41) is 16.4. The maximum absolute atomic E-state index is 12.0. The predicted octanol–water partition coefficient (Wildman–Crippen LogP) is 0.501. The van der Waals surface area contributed by atoms with Gasteiger partial charge >= 0.3 is 0 Å². The first-order valence-corrected chi connectivity index (χ1v) is 5.54. The highest BCUT2D eigenvalue weighted by molar-refractivity contribution is 5.70. The van der Waals surface area contributed by atoms with E-state index in [1.54, 1.807) is 0 Å². The highest BCUT2D eigenvalue weighted by atomic mass is 16.1. The number of aromatic nitrogens is 5. The SMILES string of the molecule is N#CCn1cnc2c(nnn2-c2ccccc2)c1=O. The van der Waals surface area contributed by atoms with Crippen molar-refractivity contribution in [2.45, 2.75) is 6.54 Å². The van der Waals surface area contributed by atoms with E-state index in [1.165, 1.54) is 15.6 Å². The Kier molecular flexibility index (Phi) is 2.54. The summed E-state index contributed by atoms with van der Waals surface area (Å²) < 4.78 is 2.69. The highest BCUT2D eigenvalue weighted by Crippen LogP contribution is 2.10. The van der Waals surface area contributed by atoms with Crippen molar-refractivity contribution >= 4 is 11.2 Å². The van der Waals surface area contributed by atoms with Crippen molar-refractivity contribution < 1.29 is 0 Å². The summed E-state index contributed by atoms with van der Waals surface area (Å²) in [7, 11) is 0. The average molecular weight is 252 g/mol.